The summed E-state index contributed by atoms with van der Waals surface area (Å²) in [5.74, 6) is 0. The van der Waals surface area contributed by atoms with Gasteiger partial charge in [0.1, 0.15) is 0 Å². The van der Waals surface area contributed by atoms with Crippen LogP contribution < -0.4 is 0 Å². The molecule has 0 aromatic rings. The molecule has 0 saturated carbocycles. The molecule has 0 unspecified atom stereocenters. The second kappa shape index (κ2) is 52.3. The maximum atomic E-state index is 0. The molecule has 0 heterocycles. The van der Waals surface area contributed by atoms with E-state index in [1.54, 1.807) is 0 Å². The summed E-state index contributed by atoms with van der Waals surface area (Å²) >= 11 is 0. The van der Waals surface area contributed by atoms with Crippen LogP contribution in [0.25, 0.3) is 0 Å². The SMILES string of the molecule is Cl.Cl.Cl.Cl.[GeH4].[Ti]. The van der Waals surface area contributed by atoms with Gasteiger partial charge in [-0.1, -0.05) is 0 Å². The minimum atomic E-state index is 0. The van der Waals surface area contributed by atoms with Crippen molar-refractivity contribution in [2.75, 3.05) is 0 Å². The zero-order valence-electron chi connectivity index (χ0n) is 2.13. The topological polar surface area (TPSA) is 0 Å². The minimum Gasteiger partial charge on any atom is 0 e. The van der Waals surface area contributed by atoms with Gasteiger partial charge in [-0.05, 0) is 0 Å². The predicted molar refractivity (Wildman–Crippen MR) is 40.3 cm³/mol. The van der Waals surface area contributed by atoms with Crippen molar-refractivity contribution in [3.63, 3.8) is 0 Å². The fourth-order valence-electron chi connectivity index (χ4n) is 0. The van der Waals surface area contributed by atoms with Crippen LogP contribution in [-0.4, -0.2) is 17.6 Å². The van der Waals surface area contributed by atoms with E-state index in [9.17, 15) is 0 Å². The number of hydrogen-bond acceptors (Lipinski definition) is 0. The van der Waals surface area contributed by atoms with Crippen LogP contribution in [0, 0.1) is 0 Å². The van der Waals surface area contributed by atoms with E-state index in [4.69, 9.17) is 0 Å². The molecule has 6 heteroatoms. The van der Waals surface area contributed by atoms with E-state index < -0.39 is 0 Å². The van der Waals surface area contributed by atoms with Crippen LogP contribution in [0.4, 0.5) is 0 Å². The Morgan fingerprint density at radius 1 is 0.500 bits per heavy atom. The third-order valence-electron chi connectivity index (χ3n) is 0. The summed E-state index contributed by atoms with van der Waals surface area (Å²) in [6.45, 7) is 0. The molecule has 0 aliphatic rings. The summed E-state index contributed by atoms with van der Waals surface area (Å²) in [7, 11) is 0. The third kappa shape index (κ3) is 32.2. The Balaban J connectivity index is 0. The van der Waals surface area contributed by atoms with Gasteiger partial charge in [0.05, 0.1) is 0 Å². The van der Waals surface area contributed by atoms with Crippen molar-refractivity contribution in [2.24, 2.45) is 0 Å². The largest absolute Gasteiger partial charge is 0 e. The molecule has 0 aliphatic carbocycles. The van der Waals surface area contributed by atoms with E-state index >= 15 is 0 Å². The van der Waals surface area contributed by atoms with Crippen LogP contribution in [0.2, 0.25) is 0 Å². The van der Waals surface area contributed by atoms with Crippen molar-refractivity contribution in [3.8, 4) is 0 Å². The third-order valence-corrected chi connectivity index (χ3v) is 0. The van der Waals surface area contributed by atoms with Gasteiger partial charge in [-0.15, -0.1) is 49.6 Å². The summed E-state index contributed by atoms with van der Waals surface area (Å²) in [4.78, 5) is 0. The van der Waals surface area contributed by atoms with Gasteiger partial charge in [-0.3, -0.25) is 0 Å². The molecule has 0 nitrogen and oxygen atoms in total. The van der Waals surface area contributed by atoms with E-state index in [2.05, 4.69) is 0 Å². The first-order valence-electron chi connectivity index (χ1n) is 0. The Hall–Kier alpha value is 2.42. The van der Waals surface area contributed by atoms with Gasteiger partial charge in [0, 0.05) is 21.7 Å². The maximum Gasteiger partial charge on any atom is 0 e. The minimum absolute atomic E-state index is 0. The van der Waals surface area contributed by atoms with Crippen molar-refractivity contribution in [1.82, 2.24) is 0 Å². The quantitative estimate of drug-likeness (QED) is 0.553. The first kappa shape index (κ1) is 79.3. The molecular weight excluding hydrogens is 262 g/mol. The van der Waals surface area contributed by atoms with Gasteiger partial charge < -0.3 is 0 Å². The molecule has 0 aromatic heterocycles. The zero-order valence-corrected chi connectivity index (χ0v) is 6.96. The average Bonchev–Trinajstić information content (AvgIpc) is 0. The molecule has 0 fully saturated rings. The fourth-order valence-corrected chi connectivity index (χ4v) is 0. The van der Waals surface area contributed by atoms with E-state index in [1.807, 2.05) is 0 Å². The van der Waals surface area contributed by atoms with Crippen molar-refractivity contribution in [1.29, 1.82) is 0 Å². The summed E-state index contributed by atoms with van der Waals surface area (Å²) in [6.07, 6.45) is 0. The first-order valence-corrected chi connectivity index (χ1v) is 0. The zero-order chi connectivity index (χ0) is 0. The smallest absolute Gasteiger partial charge is 0 e. The normalized spacial score (nSPS) is 0. The van der Waals surface area contributed by atoms with Gasteiger partial charge in [0.15, 0.2) is 0 Å². The molecule has 0 radical (unpaired) electrons. The van der Waals surface area contributed by atoms with Crippen molar-refractivity contribution < 1.29 is 21.7 Å². The van der Waals surface area contributed by atoms with Crippen LogP contribution in [0.5, 0.6) is 0 Å². The Morgan fingerprint density at radius 3 is 0.500 bits per heavy atom. The molecule has 0 N–H and O–H groups in total. The van der Waals surface area contributed by atoms with Gasteiger partial charge in [-0.25, -0.2) is 0 Å². The van der Waals surface area contributed by atoms with Gasteiger partial charge in [0.2, 0.25) is 0 Å². The molecule has 0 aliphatic heterocycles. The molecule has 0 rings (SSSR count). The van der Waals surface area contributed by atoms with E-state index in [1.165, 1.54) is 0 Å². The van der Waals surface area contributed by atoms with Gasteiger partial charge >= 0.3 is 17.6 Å². The molecule has 0 spiro atoms. The molecule has 0 bridgehead atoms. The average molecular weight is 270 g/mol. The van der Waals surface area contributed by atoms with E-state index in [-0.39, 0.29) is 88.9 Å². The number of halogens is 4. The van der Waals surface area contributed by atoms with Crippen LogP contribution >= 0.6 is 49.6 Å². The van der Waals surface area contributed by atoms with Crippen molar-refractivity contribution >= 4 is 67.2 Å². The second-order valence-corrected chi connectivity index (χ2v) is 0. The first-order chi connectivity index (χ1) is 0. The predicted octanol–water partition coefficient (Wildman–Crippen LogP) is 0.233. The van der Waals surface area contributed by atoms with Crippen LogP contribution in [0.3, 0.4) is 0 Å². The van der Waals surface area contributed by atoms with Crippen LogP contribution in [0.1, 0.15) is 0 Å². The molecule has 0 aromatic carbocycles. The number of hydrogen-bond donors (Lipinski definition) is 0. The van der Waals surface area contributed by atoms with Crippen LogP contribution in [-0.2, 0) is 21.7 Å². The van der Waals surface area contributed by atoms with Crippen molar-refractivity contribution in [3.05, 3.63) is 0 Å². The Morgan fingerprint density at radius 2 is 0.500 bits per heavy atom. The van der Waals surface area contributed by atoms with Crippen molar-refractivity contribution in [2.45, 2.75) is 0 Å². The summed E-state index contributed by atoms with van der Waals surface area (Å²) in [5.41, 5.74) is 0. The maximum absolute atomic E-state index is 0. The van der Waals surface area contributed by atoms with Gasteiger partial charge in [0.25, 0.3) is 0 Å². The monoisotopic (exact) mass is 270 g/mol. The molecule has 0 amide bonds. The molecule has 44 valence electrons. The summed E-state index contributed by atoms with van der Waals surface area (Å²) in [5, 5.41) is 0. The Bertz CT molecular complexity index is 7.51. The number of rotatable bonds is 0. The Kier molecular flexibility index (Phi) is 691. The Labute approximate surface area is 88.1 Å². The van der Waals surface area contributed by atoms with E-state index in [0.717, 1.165) is 0 Å². The standard InChI is InChI=1S/4ClH.GeH4.Ti/h4*1H;1H4;. The second-order valence-electron chi connectivity index (χ2n) is 0. The van der Waals surface area contributed by atoms with Crippen LogP contribution in [0.15, 0.2) is 0 Å². The molecule has 0 saturated heterocycles. The molecular formula is H8Cl4GeTi. The molecule has 6 heavy (non-hydrogen) atoms. The summed E-state index contributed by atoms with van der Waals surface area (Å²) in [6, 6.07) is 0. The fraction of sp³-hybridized carbons (Fsp3) is 0. The van der Waals surface area contributed by atoms with Gasteiger partial charge in [-0.2, -0.15) is 0 Å². The molecule has 0 atom stereocenters. The van der Waals surface area contributed by atoms with E-state index in [0.29, 0.717) is 0 Å². The summed E-state index contributed by atoms with van der Waals surface area (Å²) < 4.78 is 0.